The fourth-order valence-corrected chi connectivity index (χ4v) is 2.22. The molecule has 2 rings (SSSR count). The van der Waals surface area contributed by atoms with E-state index in [1.807, 2.05) is 30.3 Å². The minimum atomic E-state index is -0.00796. The van der Waals surface area contributed by atoms with E-state index in [1.54, 1.807) is 0 Å². The van der Waals surface area contributed by atoms with Crippen LogP contribution in [0.5, 0.6) is 0 Å². The molecule has 0 bridgehead atoms. The van der Waals surface area contributed by atoms with Gasteiger partial charge in [0.05, 0.1) is 12.0 Å². The molecule has 0 aliphatic carbocycles. The number of rotatable bonds is 4. The Kier molecular flexibility index (Phi) is 4.15. The third kappa shape index (κ3) is 2.99. The lowest BCUT2D eigenvalue weighted by Crippen LogP contribution is -2.00. The monoisotopic (exact) mass is 235 g/mol. The molecule has 90 valence electrons. The highest BCUT2D eigenvalue weighted by molar-refractivity contribution is 5.33. The van der Waals surface area contributed by atoms with E-state index in [0.717, 1.165) is 18.4 Å². The van der Waals surface area contributed by atoms with E-state index in [0.29, 0.717) is 0 Å². The van der Waals surface area contributed by atoms with Crippen molar-refractivity contribution in [3.8, 4) is 6.07 Å². The van der Waals surface area contributed by atoms with Crippen LogP contribution in [0.4, 0.5) is 0 Å². The van der Waals surface area contributed by atoms with Crippen LogP contribution in [0, 0.1) is 18.3 Å². The molecule has 1 nitrogen and oxygen atoms in total. The average Bonchev–Trinajstić information content (AvgIpc) is 2.42. The van der Waals surface area contributed by atoms with Gasteiger partial charge in [0.2, 0.25) is 0 Å². The first-order chi connectivity index (χ1) is 8.81. The molecule has 0 aliphatic rings. The zero-order valence-corrected chi connectivity index (χ0v) is 10.6. The van der Waals surface area contributed by atoms with Gasteiger partial charge >= 0.3 is 0 Å². The van der Waals surface area contributed by atoms with Crippen molar-refractivity contribution in [2.24, 2.45) is 0 Å². The second-order valence-electron chi connectivity index (χ2n) is 4.56. The van der Waals surface area contributed by atoms with Crippen molar-refractivity contribution in [2.45, 2.75) is 25.7 Å². The Labute approximate surface area is 109 Å². The first-order valence-corrected chi connectivity index (χ1v) is 6.30. The zero-order valence-electron chi connectivity index (χ0n) is 10.6. The van der Waals surface area contributed by atoms with Gasteiger partial charge in [-0.15, -0.1) is 0 Å². The average molecular weight is 235 g/mol. The predicted octanol–water partition coefficient (Wildman–Crippen LogP) is 4.24. The zero-order chi connectivity index (χ0) is 12.8. The van der Waals surface area contributed by atoms with Gasteiger partial charge in [0, 0.05) is 0 Å². The summed E-state index contributed by atoms with van der Waals surface area (Å²) in [4.78, 5) is 0. The van der Waals surface area contributed by atoms with Gasteiger partial charge in [-0.1, -0.05) is 54.6 Å². The van der Waals surface area contributed by atoms with Crippen molar-refractivity contribution in [3.05, 3.63) is 71.3 Å². The second-order valence-corrected chi connectivity index (χ2v) is 4.56. The summed E-state index contributed by atoms with van der Waals surface area (Å²) in [5, 5.41) is 9.33. The first kappa shape index (κ1) is 12.4. The Balaban J connectivity index is 2.08. The van der Waals surface area contributed by atoms with Crippen molar-refractivity contribution in [3.63, 3.8) is 0 Å². The highest BCUT2D eigenvalue weighted by atomic mass is 14.3. The minimum absolute atomic E-state index is 0.00796. The third-order valence-electron chi connectivity index (χ3n) is 3.28. The lowest BCUT2D eigenvalue weighted by atomic mass is 9.91. The highest BCUT2D eigenvalue weighted by Gasteiger charge is 2.12. The smallest absolute Gasteiger partial charge is 0.0718 e. The van der Waals surface area contributed by atoms with Crippen molar-refractivity contribution in [2.75, 3.05) is 0 Å². The standard InChI is InChI=1S/C17H17N/c1-14-7-5-6-10-17(14)16(13-18)12-11-15-8-3-2-4-9-15/h2-10,16H,11-12H2,1H3. The van der Waals surface area contributed by atoms with Gasteiger partial charge in [-0.25, -0.2) is 0 Å². The first-order valence-electron chi connectivity index (χ1n) is 6.30. The molecule has 2 aromatic carbocycles. The van der Waals surface area contributed by atoms with E-state index in [4.69, 9.17) is 0 Å². The van der Waals surface area contributed by atoms with Gasteiger partial charge in [0.25, 0.3) is 0 Å². The van der Waals surface area contributed by atoms with Crippen molar-refractivity contribution in [1.82, 2.24) is 0 Å². The van der Waals surface area contributed by atoms with E-state index in [-0.39, 0.29) is 5.92 Å². The summed E-state index contributed by atoms with van der Waals surface area (Å²) in [6.45, 7) is 2.07. The number of benzene rings is 2. The van der Waals surface area contributed by atoms with Gasteiger partial charge in [0.15, 0.2) is 0 Å². The van der Waals surface area contributed by atoms with E-state index in [1.165, 1.54) is 11.1 Å². The SMILES string of the molecule is Cc1ccccc1C(C#N)CCc1ccccc1. The fraction of sp³-hybridized carbons (Fsp3) is 0.235. The van der Waals surface area contributed by atoms with Gasteiger partial charge in [-0.2, -0.15) is 5.26 Å². The number of aryl methyl sites for hydroxylation is 2. The maximum Gasteiger partial charge on any atom is 0.0718 e. The van der Waals surface area contributed by atoms with Crippen LogP contribution in [-0.4, -0.2) is 0 Å². The van der Waals surface area contributed by atoms with Crippen LogP contribution in [0.3, 0.4) is 0 Å². The molecule has 0 saturated carbocycles. The number of nitrogens with zero attached hydrogens (tertiary/aromatic N) is 1. The summed E-state index contributed by atoms with van der Waals surface area (Å²) in [7, 11) is 0. The Morgan fingerprint density at radius 3 is 2.33 bits per heavy atom. The molecule has 0 spiro atoms. The molecular formula is C17H17N. The topological polar surface area (TPSA) is 23.8 Å². The summed E-state index contributed by atoms with van der Waals surface area (Å²) in [5.74, 6) is -0.00796. The normalized spacial score (nSPS) is 11.8. The Hall–Kier alpha value is -2.07. The van der Waals surface area contributed by atoms with E-state index in [9.17, 15) is 5.26 Å². The lowest BCUT2D eigenvalue weighted by molar-refractivity contribution is 0.742. The maximum atomic E-state index is 9.33. The summed E-state index contributed by atoms with van der Waals surface area (Å²) in [6.07, 6.45) is 1.83. The Bertz CT molecular complexity index is 537. The van der Waals surface area contributed by atoms with Crippen molar-refractivity contribution < 1.29 is 0 Å². The minimum Gasteiger partial charge on any atom is -0.198 e. The van der Waals surface area contributed by atoms with Crippen LogP contribution >= 0.6 is 0 Å². The van der Waals surface area contributed by atoms with Crippen LogP contribution < -0.4 is 0 Å². The van der Waals surface area contributed by atoms with Crippen molar-refractivity contribution >= 4 is 0 Å². The summed E-state index contributed by atoms with van der Waals surface area (Å²) < 4.78 is 0. The van der Waals surface area contributed by atoms with Crippen LogP contribution in [0.15, 0.2) is 54.6 Å². The molecule has 0 radical (unpaired) electrons. The molecule has 0 saturated heterocycles. The summed E-state index contributed by atoms with van der Waals surface area (Å²) in [5.41, 5.74) is 3.67. The summed E-state index contributed by atoms with van der Waals surface area (Å²) in [6, 6.07) is 20.9. The Morgan fingerprint density at radius 1 is 1.00 bits per heavy atom. The molecule has 0 fully saturated rings. The van der Waals surface area contributed by atoms with Crippen LogP contribution in [0.2, 0.25) is 0 Å². The quantitative estimate of drug-likeness (QED) is 0.777. The molecule has 1 heteroatoms. The number of hydrogen-bond acceptors (Lipinski definition) is 1. The second kappa shape index (κ2) is 6.02. The molecular weight excluding hydrogens is 218 g/mol. The molecule has 0 aromatic heterocycles. The Morgan fingerprint density at radius 2 is 1.67 bits per heavy atom. The number of nitriles is 1. The molecule has 0 aliphatic heterocycles. The summed E-state index contributed by atoms with van der Waals surface area (Å²) >= 11 is 0. The van der Waals surface area contributed by atoms with Crippen LogP contribution in [0.1, 0.15) is 29.0 Å². The maximum absolute atomic E-state index is 9.33. The van der Waals surface area contributed by atoms with E-state index in [2.05, 4.69) is 37.3 Å². The molecule has 0 N–H and O–H groups in total. The van der Waals surface area contributed by atoms with Crippen LogP contribution in [0.25, 0.3) is 0 Å². The molecule has 2 aromatic rings. The van der Waals surface area contributed by atoms with Crippen molar-refractivity contribution in [1.29, 1.82) is 5.26 Å². The van der Waals surface area contributed by atoms with E-state index < -0.39 is 0 Å². The molecule has 18 heavy (non-hydrogen) atoms. The fourth-order valence-electron chi connectivity index (χ4n) is 2.22. The molecule has 0 heterocycles. The molecule has 1 unspecified atom stereocenters. The van der Waals surface area contributed by atoms with Gasteiger partial charge in [-0.3, -0.25) is 0 Å². The predicted molar refractivity (Wildman–Crippen MR) is 74.3 cm³/mol. The van der Waals surface area contributed by atoms with E-state index >= 15 is 0 Å². The van der Waals surface area contributed by atoms with Gasteiger partial charge in [0.1, 0.15) is 0 Å². The number of hydrogen-bond donors (Lipinski definition) is 0. The lowest BCUT2D eigenvalue weighted by Gasteiger charge is -2.12. The van der Waals surface area contributed by atoms with Crippen LogP contribution in [-0.2, 0) is 6.42 Å². The molecule has 0 amide bonds. The molecule has 1 atom stereocenters. The third-order valence-corrected chi connectivity index (χ3v) is 3.28. The van der Waals surface area contributed by atoms with Gasteiger partial charge in [-0.05, 0) is 36.5 Å². The van der Waals surface area contributed by atoms with Gasteiger partial charge < -0.3 is 0 Å². The highest BCUT2D eigenvalue weighted by Crippen LogP contribution is 2.23. The largest absolute Gasteiger partial charge is 0.198 e.